The summed E-state index contributed by atoms with van der Waals surface area (Å²) in [5, 5.41) is 9.51. The number of carboxylic acids is 1. The fraction of sp³-hybridized carbons (Fsp3) is 0.0769. The van der Waals surface area contributed by atoms with Crippen molar-refractivity contribution in [3.8, 4) is 11.3 Å². The Labute approximate surface area is 104 Å². The van der Waals surface area contributed by atoms with Gasteiger partial charge in [0.25, 0.3) is 0 Å². The Balaban J connectivity index is 2.58. The molecule has 0 unspecified atom stereocenters. The second-order valence-electron chi connectivity index (χ2n) is 3.68. The summed E-state index contributed by atoms with van der Waals surface area (Å²) in [6.07, 6.45) is 0. The Bertz CT molecular complexity index is 581. The van der Waals surface area contributed by atoms with Gasteiger partial charge in [-0.25, -0.2) is 9.78 Å². The first-order valence-corrected chi connectivity index (χ1v) is 5.42. The maximum Gasteiger partial charge on any atom is 0.354 e. The molecule has 0 amide bonds. The molecule has 0 aliphatic rings. The molecule has 86 valence electrons. The number of halogens is 1. The van der Waals surface area contributed by atoms with E-state index in [1.54, 1.807) is 18.2 Å². The maximum atomic E-state index is 10.9. The number of carboxylic acid groups (broad SMARTS) is 1. The zero-order valence-corrected chi connectivity index (χ0v) is 9.90. The van der Waals surface area contributed by atoms with E-state index in [1.165, 1.54) is 6.07 Å². The molecular formula is C13H10ClNO2. The van der Waals surface area contributed by atoms with Crippen LogP contribution in [0.2, 0.25) is 5.02 Å². The summed E-state index contributed by atoms with van der Waals surface area (Å²) < 4.78 is 0. The van der Waals surface area contributed by atoms with E-state index in [2.05, 4.69) is 4.98 Å². The molecule has 3 nitrogen and oxygen atoms in total. The summed E-state index contributed by atoms with van der Waals surface area (Å²) in [6, 6.07) is 10.4. The van der Waals surface area contributed by atoms with E-state index in [0.29, 0.717) is 10.7 Å². The van der Waals surface area contributed by atoms with Crippen LogP contribution in [0.1, 0.15) is 16.1 Å². The monoisotopic (exact) mass is 247 g/mol. The number of pyridine rings is 1. The molecule has 17 heavy (non-hydrogen) atoms. The number of hydrogen-bond acceptors (Lipinski definition) is 2. The lowest BCUT2D eigenvalue weighted by atomic mass is 10.1. The average Bonchev–Trinajstić information content (AvgIpc) is 2.29. The van der Waals surface area contributed by atoms with Crippen LogP contribution in [0.3, 0.4) is 0 Å². The summed E-state index contributed by atoms with van der Waals surface area (Å²) in [5.41, 5.74) is 2.41. The number of nitrogens with zero attached hydrogens (tertiary/aromatic N) is 1. The molecule has 0 radical (unpaired) electrons. The Hall–Kier alpha value is -1.87. The number of rotatable bonds is 2. The molecular weight excluding hydrogens is 238 g/mol. The van der Waals surface area contributed by atoms with Gasteiger partial charge in [-0.05, 0) is 30.7 Å². The number of aromatic carboxylic acids is 1. The van der Waals surface area contributed by atoms with Crippen molar-refractivity contribution in [2.45, 2.75) is 6.92 Å². The highest BCUT2D eigenvalue weighted by Crippen LogP contribution is 2.24. The van der Waals surface area contributed by atoms with Gasteiger partial charge in [0.2, 0.25) is 0 Å². The molecule has 2 aromatic rings. The van der Waals surface area contributed by atoms with Gasteiger partial charge in [0.05, 0.1) is 5.69 Å². The van der Waals surface area contributed by atoms with Gasteiger partial charge in [-0.2, -0.15) is 0 Å². The summed E-state index contributed by atoms with van der Waals surface area (Å²) >= 11 is 5.91. The third kappa shape index (κ3) is 2.45. The maximum absolute atomic E-state index is 10.9. The largest absolute Gasteiger partial charge is 0.477 e. The van der Waals surface area contributed by atoms with E-state index in [4.69, 9.17) is 16.7 Å². The molecule has 0 spiro atoms. The summed E-state index contributed by atoms with van der Waals surface area (Å²) in [5.74, 6) is -1.03. The quantitative estimate of drug-likeness (QED) is 0.885. The Morgan fingerprint density at radius 1 is 1.29 bits per heavy atom. The van der Waals surface area contributed by atoms with Crippen molar-refractivity contribution in [2.24, 2.45) is 0 Å². The van der Waals surface area contributed by atoms with Gasteiger partial charge >= 0.3 is 5.97 Å². The van der Waals surface area contributed by atoms with Gasteiger partial charge in [0.15, 0.2) is 0 Å². The predicted molar refractivity (Wildman–Crippen MR) is 66.4 cm³/mol. The summed E-state index contributed by atoms with van der Waals surface area (Å²) in [7, 11) is 0. The first kappa shape index (κ1) is 11.6. The number of hydrogen-bond donors (Lipinski definition) is 1. The molecule has 0 saturated heterocycles. The van der Waals surface area contributed by atoms with E-state index in [-0.39, 0.29) is 5.69 Å². The third-order valence-corrected chi connectivity index (χ3v) is 2.65. The second-order valence-corrected chi connectivity index (χ2v) is 4.11. The second kappa shape index (κ2) is 4.55. The Morgan fingerprint density at radius 2 is 2.06 bits per heavy atom. The zero-order chi connectivity index (χ0) is 12.4. The Kier molecular flexibility index (Phi) is 3.11. The van der Waals surface area contributed by atoms with E-state index >= 15 is 0 Å². The lowest BCUT2D eigenvalue weighted by Crippen LogP contribution is -2.02. The van der Waals surface area contributed by atoms with Crippen LogP contribution < -0.4 is 0 Å². The topological polar surface area (TPSA) is 50.2 Å². The molecule has 0 bridgehead atoms. The number of benzene rings is 1. The summed E-state index contributed by atoms with van der Waals surface area (Å²) in [6.45, 7) is 1.88. The highest BCUT2D eigenvalue weighted by Gasteiger charge is 2.09. The molecule has 1 aromatic heterocycles. The lowest BCUT2D eigenvalue weighted by molar-refractivity contribution is 0.0690. The lowest BCUT2D eigenvalue weighted by Gasteiger charge is -2.06. The van der Waals surface area contributed by atoms with Gasteiger partial charge in [-0.1, -0.05) is 29.8 Å². The van der Waals surface area contributed by atoms with Crippen molar-refractivity contribution >= 4 is 17.6 Å². The van der Waals surface area contributed by atoms with Crippen LogP contribution in [0.5, 0.6) is 0 Å². The molecule has 0 fully saturated rings. The van der Waals surface area contributed by atoms with Gasteiger partial charge in [0, 0.05) is 10.6 Å². The fourth-order valence-corrected chi connectivity index (χ4v) is 1.77. The molecule has 0 aliphatic heterocycles. The minimum absolute atomic E-state index is 0.0329. The SMILES string of the molecule is Cc1ccc(C(=O)O)nc1-c1cccc(Cl)c1. The molecule has 0 saturated carbocycles. The molecule has 1 N–H and O–H groups in total. The van der Waals surface area contributed by atoms with E-state index in [1.807, 2.05) is 19.1 Å². The minimum atomic E-state index is -1.03. The van der Waals surface area contributed by atoms with Crippen molar-refractivity contribution in [3.63, 3.8) is 0 Å². The highest BCUT2D eigenvalue weighted by atomic mass is 35.5. The molecule has 2 rings (SSSR count). The van der Waals surface area contributed by atoms with Crippen LogP contribution in [0.4, 0.5) is 0 Å². The smallest absolute Gasteiger partial charge is 0.354 e. The van der Waals surface area contributed by atoms with Gasteiger partial charge in [-0.15, -0.1) is 0 Å². The van der Waals surface area contributed by atoms with Crippen LogP contribution in [0.15, 0.2) is 36.4 Å². The van der Waals surface area contributed by atoms with Crippen molar-refractivity contribution in [1.29, 1.82) is 0 Å². The van der Waals surface area contributed by atoms with E-state index < -0.39 is 5.97 Å². The highest BCUT2D eigenvalue weighted by molar-refractivity contribution is 6.30. The molecule has 0 atom stereocenters. The molecule has 1 aromatic carbocycles. The van der Waals surface area contributed by atoms with Crippen LogP contribution in [-0.4, -0.2) is 16.1 Å². The average molecular weight is 248 g/mol. The zero-order valence-electron chi connectivity index (χ0n) is 9.14. The number of aryl methyl sites for hydroxylation is 1. The van der Waals surface area contributed by atoms with Crippen molar-refractivity contribution < 1.29 is 9.90 Å². The van der Waals surface area contributed by atoms with Crippen molar-refractivity contribution in [3.05, 3.63) is 52.7 Å². The normalized spacial score (nSPS) is 10.2. The fourth-order valence-electron chi connectivity index (χ4n) is 1.58. The predicted octanol–water partition coefficient (Wildman–Crippen LogP) is 3.41. The van der Waals surface area contributed by atoms with Gasteiger partial charge < -0.3 is 5.11 Å². The van der Waals surface area contributed by atoms with Gasteiger partial charge in [0.1, 0.15) is 5.69 Å². The number of carbonyl (C=O) groups is 1. The van der Waals surface area contributed by atoms with Crippen molar-refractivity contribution in [1.82, 2.24) is 4.98 Å². The third-order valence-electron chi connectivity index (χ3n) is 2.41. The van der Waals surface area contributed by atoms with E-state index in [9.17, 15) is 4.79 Å². The van der Waals surface area contributed by atoms with Gasteiger partial charge in [-0.3, -0.25) is 0 Å². The van der Waals surface area contributed by atoms with E-state index in [0.717, 1.165) is 11.1 Å². The van der Waals surface area contributed by atoms with Crippen LogP contribution in [0.25, 0.3) is 11.3 Å². The van der Waals surface area contributed by atoms with Crippen LogP contribution in [0, 0.1) is 6.92 Å². The van der Waals surface area contributed by atoms with Crippen molar-refractivity contribution in [2.75, 3.05) is 0 Å². The molecule has 0 aliphatic carbocycles. The van der Waals surface area contributed by atoms with Crippen LogP contribution in [-0.2, 0) is 0 Å². The Morgan fingerprint density at radius 3 is 2.71 bits per heavy atom. The molecule has 1 heterocycles. The number of aromatic nitrogens is 1. The standard InChI is InChI=1S/C13H10ClNO2/c1-8-5-6-11(13(16)17)15-12(8)9-3-2-4-10(14)7-9/h2-7H,1H3,(H,16,17). The molecule has 4 heteroatoms. The minimum Gasteiger partial charge on any atom is -0.477 e. The first-order valence-electron chi connectivity index (χ1n) is 5.05. The summed E-state index contributed by atoms with van der Waals surface area (Å²) in [4.78, 5) is 15.0. The first-order chi connectivity index (χ1) is 8.08. The van der Waals surface area contributed by atoms with Crippen LogP contribution >= 0.6 is 11.6 Å².